The fourth-order valence-corrected chi connectivity index (χ4v) is 2.13. The van der Waals surface area contributed by atoms with Crippen molar-refractivity contribution in [3.8, 4) is 0 Å². The van der Waals surface area contributed by atoms with Crippen molar-refractivity contribution in [3.63, 3.8) is 0 Å². The maximum Gasteiger partial charge on any atom is 0.320 e. The van der Waals surface area contributed by atoms with Crippen LogP contribution < -0.4 is 16.0 Å². The molecule has 3 atom stereocenters. The molecule has 0 fully saturated rings. The first-order chi connectivity index (χ1) is 11.0. The van der Waals surface area contributed by atoms with Crippen molar-refractivity contribution in [3.05, 3.63) is 0 Å². The van der Waals surface area contributed by atoms with Crippen LogP contribution in [-0.4, -0.2) is 47.6 Å². The molecule has 7 nitrogen and oxygen atoms in total. The minimum Gasteiger partial charge on any atom is -0.480 e. The van der Waals surface area contributed by atoms with Crippen LogP contribution in [0, 0.1) is 5.41 Å². The number of hydrogen-bond donors (Lipinski definition) is 4. The molecule has 0 unspecified atom stereocenters. The van der Waals surface area contributed by atoms with E-state index in [-0.39, 0.29) is 17.2 Å². The van der Waals surface area contributed by atoms with Gasteiger partial charge in [0.05, 0.1) is 6.04 Å². The van der Waals surface area contributed by atoms with Gasteiger partial charge in [-0.15, -0.1) is 0 Å². The van der Waals surface area contributed by atoms with Gasteiger partial charge in [0.15, 0.2) is 0 Å². The Bertz CT molecular complexity index is 432. The Morgan fingerprint density at radius 2 is 1.62 bits per heavy atom. The third-order valence-electron chi connectivity index (χ3n) is 3.54. The molecule has 0 spiro atoms. The van der Waals surface area contributed by atoms with E-state index < -0.39 is 24.1 Å². The number of carbonyl (C=O) groups is 3. The fraction of sp³-hybridized carbons (Fsp3) is 0.824. The van der Waals surface area contributed by atoms with Crippen LogP contribution in [0.15, 0.2) is 0 Å². The molecule has 0 aromatic carbocycles. The van der Waals surface area contributed by atoms with Crippen molar-refractivity contribution in [2.75, 3.05) is 6.54 Å². The molecule has 0 saturated carbocycles. The summed E-state index contributed by atoms with van der Waals surface area (Å²) < 4.78 is 0. The van der Waals surface area contributed by atoms with Gasteiger partial charge in [0.1, 0.15) is 12.1 Å². The lowest BCUT2D eigenvalue weighted by molar-refractivity contribution is -0.139. The van der Waals surface area contributed by atoms with Crippen LogP contribution in [0.5, 0.6) is 0 Å². The highest BCUT2D eigenvalue weighted by atomic mass is 16.4. The van der Waals surface area contributed by atoms with Crippen molar-refractivity contribution in [2.24, 2.45) is 5.41 Å². The number of rotatable bonds is 10. The van der Waals surface area contributed by atoms with Gasteiger partial charge in [0, 0.05) is 6.54 Å². The molecule has 7 heteroatoms. The SMILES string of the molecule is CCCCNC(=O)[C@H](C)NC(=O)[C@H](CC(C)(C)C)N[C@H](C)C(=O)O. The minimum absolute atomic E-state index is 0.167. The summed E-state index contributed by atoms with van der Waals surface area (Å²) in [7, 11) is 0. The lowest BCUT2D eigenvalue weighted by Crippen LogP contribution is -2.55. The van der Waals surface area contributed by atoms with E-state index in [0.29, 0.717) is 13.0 Å². The van der Waals surface area contributed by atoms with Gasteiger partial charge >= 0.3 is 5.97 Å². The third-order valence-corrected chi connectivity index (χ3v) is 3.54. The van der Waals surface area contributed by atoms with Crippen molar-refractivity contribution < 1.29 is 19.5 Å². The monoisotopic (exact) mass is 343 g/mol. The Morgan fingerprint density at radius 1 is 1.04 bits per heavy atom. The topological polar surface area (TPSA) is 108 Å². The number of carboxylic acid groups (broad SMARTS) is 1. The summed E-state index contributed by atoms with van der Waals surface area (Å²) in [5.74, 6) is -1.62. The number of amides is 2. The van der Waals surface area contributed by atoms with Crippen LogP contribution in [0.1, 0.15) is 60.8 Å². The molecule has 0 saturated heterocycles. The van der Waals surface area contributed by atoms with Crippen molar-refractivity contribution in [1.29, 1.82) is 0 Å². The minimum atomic E-state index is -1.02. The van der Waals surface area contributed by atoms with E-state index in [2.05, 4.69) is 16.0 Å². The van der Waals surface area contributed by atoms with E-state index in [1.54, 1.807) is 6.92 Å². The fourth-order valence-electron chi connectivity index (χ4n) is 2.13. The first-order valence-electron chi connectivity index (χ1n) is 8.55. The molecule has 0 bridgehead atoms. The number of aliphatic carboxylic acids is 1. The zero-order valence-electron chi connectivity index (χ0n) is 15.7. The molecular weight excluding hydrogens is 310 g/mol. The van der Waals surface area contributed by atoms with E-state index in [1.165, 1.54) is 6.92 Å². The first-order valence-corrected chi connectivity index (χ1v) is 8.55. The lowest BCUT2D eigenvalue weighted by Gasteiger charge is -2.28. The standard InChI is InChI=1S/C17H33N3O4/c1-7-8-9-18-14(21)11(2)20-15(22)13(10-17(4,5)6)19-12(3)16(23)24/h11-13,19H,7-10H2,1-6H3,(H,18,21)(H,20,22)(H,23,24)/t11-,12+,13-/m0/s1. The third kappa shape index (κ3) is 9.50. The summed E-state index contributed by atoms with van der Waals surface area (Å²) in [6.07, 6.45) is 2.32. The van der Waals surface area contributed by atoms with Gasteiger partial charge in [-0.3, -0.25) is 19.7 Å². The Morgan fingerprint density at radius 3 is 2.08 bits per heavy atom. The number of carboxylic acids is 1. The van der Waals surface area contributed by atoms with Gasteiger partial charge in [-0.25, -0.2) is 0 Å². The van der Waals surface area contributed by atoms with Gasteiger partial charge in [-0.05, 0) is 32.1 Å². The normalized spacial score (nSPS) is 15.2. The highest BCUT2D eigenvalue weighted by Gasteiger charge is 2.29. The Balaban J connectivity index is 4.79. The summed E-state index contributed by atoms with van der Waals surface area (Å²) in [5, 5.41) is 17.3. The second-order valence-electron chi connectivity index (χ2n) is 7.42. The van der Waals surface area contributed by atoms with E-state index in [1.807, 2.05) is 27.7 Å². The zero-order valence-corrected chi connectivity index (χ0v) is 15.7. The van der Waals surface area contributed by atoms with Crippen molar-refractivity contribution in [1.82, 2.24) is 16.0 Å². The molecule has 0 radical (unpaired) electrons. The number of unbranched alkanes of at least 4 members (excludes halogenated alkanes) is 1. The summed E-state index contributed by atoms with van der Waals surface area (Å²) in [5.41, 5.74) is -0.167. The zero-order chi connectivity index (χ0) is 18.9. The van der Waals surface area contributed by atoms with E-state index in [0.717, 1.165) is 12.8 Å². The van der Waals surface area contributed by atoms with Gasteiger partial charge in [-0.1, -0.05) is 34.1 Å². The predicted molar refractivity (Wildman–Crippen MR) is 93.6 cm³/mol. The summed E-state index contributed by atoms with van der Waals surface area (Å²) >= 11 is 0. The molecule has 140 valence electrons. The van der Waals surface area contributed by atoms with Gasteiger partial charge in [-0.2, -0.15) is 0 Å². The molecule has 4 N–H and O–H groups in total. The van der Waals surface area contributed by atoms with E-state index >= 15 is 0 Å². The molecule has 0 aromatic heterocycles. The Labute approximate surface area is 145 Å². The summed E-state index contributed by atoms with van der Waals surface area (Å²) in [6, 6.07) is -2.20. The summed E-state index contributed by atoms with van der Waals surface area (Å²) in [4.78, 5) is 35.5. The highest BCUT2D eigenvalue weighted by Crippen LogP contribution is 2.21. The van der Waals surface area contributed by atoms with Crippen LogP contribution in [-0.2, 0) is 14.4 Å². The Kier molecular flexibility index (Phi) is 9.58. The number of hydrogen-bond acceptors (Lipinski definition) is 4. The maximum atomic E-state index is 12.5. The van der Waals surface area contributed by atoms with Crippen LogP contribution in [0.3, 0.4) is 0 Å². The molecule has 0 aromatic rings. The molecule has 0 aliphatic carbocycles. The highest BCUT2D eigenvalue weighted by molar-refractivity contribution is 5.89. The first kappa shape index (κ1) is 22.4. The molecule has 2 amide bonds. The molecule has 24 heavy (non-hydrogen) atoms. The smallest absolute Gasteiger partial charge is 0.320 e. The molecule has 0 aliphatic rings. The molecular formula is C17H33N3O4. The van der Waals surface area contributed by atoms with Crippen molar-refractivity contribution in [2.45, 2.75) is 78.9 Å². The van der Waals surface area contributed by atoms with Crippen molar-refractivity contribution >= 4 is 17.8 Å². The number of carbonyl (C=O) groups excluding carboxylic acids is 2. The average Bonchev–Trinajstić information content (AvgIpc) is 2.44. The van der Waals surface area contributed by atoms with Crippen LogP contribution >= 0.6 is 0 Å². The second kappa shape index (κ2) is 10.3. The largest absolute Gasteiger partial charge is 0.480 e. The van der Waals surface area contributed by atoms with Gasteiger partial charge < -0.3 is 15.7 Å². The molecule has 0 rings (SSSR count). The van der Waals surface area contributed by atoms with E-state index in [9.17, 15) is 14.4 Å². The lowest BCUT2D eigenvalue weighted by atomic mass is 9.87. The van der Waals surface area contributed by atoms with E-state index in [4.69, 9.17) is 5.11 Å². The number of nitrogens with one attached hydrogen (secondary N) is 3. The van der Waals surface area contributed by atoms with Crippen LogP contribution in [0.25, 0.3) is 0 Å². The Hall–Kier alpha value is -1.63. The predicted octanol–water partition coefficient (Wildman–Crippen LogP) is 1.27. The average molecular weight is 343 g/mol. The van der Waals surface area contributed by atoms with Gasteiger partial charge in [0.2, 0.25) is 11.8 Å². The second-order valence-corrected chi connectivity index (χ2v) is 7.42. The molecule has 0 heterocycles. The molecule has 0 aliphatic heterocycles. The van der Waals surface area contributed by atoms with Crippen LogP contribution in [0.2, 0.25) is 0 Å². The quantitative estimate of drug-likeness (QED) is 0.447. The maximum absolute atomic E-state index is 12.5. The van der Waals surface area contributed by atoms with Crippen LogP contribution in [0.4, 0.5) is 0 Å². The van der Waals surface area contributed by atoms with Gasteiger partial charge in [0.25, 0.3) is 0 Å². The summed E-state index contributed by atoms with van der Waals surface area (Å²) in [6.45, 7) is 11.6.